The summed E-state index contributed by atoms with van der Waals surface area (Å²) in [6.45, 7) is 6.26. The molecule has 2 nitrogen and oxygen atoms in total. The molecule has 0 N–H and O–H groups in total. The van der Waals surface area contributed by atoms with Crippen LogP contribution in [0.3, 0.4) is 0 Å². The molecule has 0 fully saturated rings. The van der Waals surface area contributed by atoms with Gasteiger partial charge in [-0.3, -0.25) is 9.98 Å². The van der Waals surface area contributed by atoms with Crippen molar-refractivity contribution < 1.29 is 0 Å². The molecule has 0 spiro atoms. The van der Waals surface area contributed by atoms with E-state index >= 15 is 0 Å². The van der Waals surface area contributed by atoms with Gasteiger partial charge in [0.2, 0.25) is 0 Å². The fourth-order valence-corrected chi connectivity index (χ4v) is 1.43. The highest BCUT2D eigenvalue weighted by molar-refractivity contribution is 5.88. The first-order valence-electron chi connectivity index (χ1n) is 5.45. The lowest BCUT2D eigenvalue weighted by molar-refractivity contribution is 0.586. The van der Waals surface area contributed by atoms with Gasteiger partial charge in [0.15, 0.2) is 0 Å². The molecular weight excluding hydrogens is 196 g/mol. The number of benzene rings is 1. The van der Waals surface area contributed by atoms with E-state index in [1.807, 2.05) is 18.5 Å². The Balaban J connectivity index is 2.37. The van der Waals surface area contributed by atoms with Gasteiger partial charge in [0.05, 0.1) is 11.1 Å². The molecule has 0 bridgehead atoms. The van der Waals surface area contributed by atoms with Crippen LogP contribution in [0.15, 0.2) is 41.5 Å². The van der Waals surface area contributed by atoms with Gasteiger partial charge >= 0.3 is 0 Å². The molecule has 2 heteroatoms. The number of fused-ring (bicyclic) bond motifs is 1. The summed E-state index contributed by atoms with van der Waals surface area (Å²) in [4.78, 5) is 8.81. The Morgan fingerprint density at radius 2 is 2.00 bits per heavy atom. The first-order valence-corrected chi connectivity index (χ1v) is 5.45. The van der Waals surface area contributed by atoms with E-state index in [1.54, 1.807) is 0 Å². The first-order chi connectivity index (χ1) is 7.54. The summed E-state index contributed by atoms with van der Waals surface area (Å²) < 4.78 is 0. The van der Waals surface area contributed by atoms with E-state index in [0.29, 0.717) is 0 Å². The molecule has 0 saturated carbocycles. The standard InChI is InChI=1S/C14H16N2/c1-14(2,3)16-10-11-6-7-12-5-4-8-15-13(12)9-11/h4-10H,1-3H3. The number of aliphatic imine (C=N–C) groups is 1. The number of rotatable bonds is 1. The molecule has 1 aromatic carbocycles. The van der Waals surface area contributed by atoms with Crippen molar-refractivity contribution in [3.8, 4) is 0 Å². The molecule has 1 heterocycles. The Hall–Kier alpha value is -1.70. The minimum Gasteiger partial charge on any atom is -0.287 e. The lowest BCUT2D eigenvalue weighted by Crippen LogP contribution is -2.09. The van der Waals surface area contributed by atoms with E-state index in [0.717, 1.165) is 16.5 Å². The monoisotopic (exact) mass is 212 g/mol. The molecule has 16 heavy (non-hydrogen) atoms. The van der Waals surface area contributed by atoms with Gasteiger partial charge in [-0.15, -0.1) is 0 Å². The van der Waals surface area contributed by atoms with Crippen molar-refractivity contribution in [3.63, 3.8) is 0 Å². The topological polar surface area (TPSA) is 25.2 Å². The SMILES string of the molecule is CC(C)(C)N=Cc1ccc2cccnc2c1. The van der Waals surface area contributed by atoms with Crippen molar-refractivity contribution in [1.29, 1.82) is 0 Å². The zero-order chi connectivity index (χ0) is 11.6. The molecule has 2 rings (SSSR count). The average molecular weight is 212 g/mol. The van der Waals surface area contributed by atoms with E-state index in [2.05, 4.69) is 55.0 Å². The molecule has 0 radical (unpaired) electrons. The lowest BCUT2D eigenvalue weighted by Gasteiger charge is -2.10. The van der Waals surface area contributed by atoms with Crippen LogP contribution in [0.4, 0.5) is 0 Å². The van der Waals surface area contributed by atoms with Crippen LogP contribution in [0.1, 0.15) is 26.3 Å². The summed E-state index contributed by atoms with van der Waals surface area (Å²) in [5, 5.41) is 1.16. The van der Waals surface area contributed by atoms with E-state index < -0.39 is 0 Å². The van der Waals surface area contributed by atoms with Gasteiger partial charge in [0.1, 0.15) is 0 Å². The van der Waals surface area contributed by atoms with Gasteiger partial charge in [-0.25, -0.2) is 0 Å². The van der Waals surface area contributed by atoms with Crippen LogP contribution < -0.4 is 0 Å². The van der Waals surface area contributed by atoms with Crippen LogP contribution in [0, 0.1) is 0 Å². The maximum Gasteiger partial charge on any atom is 0.0708 e. The summed E-state index contributed by atoms with van der Waals surface area (Å²) >= 11 is 0. The number of aromatic nitrogens is 1. The van der Waals surface area contributed by atoms with Crippen LogP contribution in [0.2, 0.25) is 0 Å². The Labute approximate surface area is 96.1 Å². The summed E-state index contributed by atoms with van der Waals surface area (Å²) in [5.74, 6) is 0. The minimum absolute atomic E-state index is 0.0287. The second kappa shape index (κ2) is 4.05. The fourth-order valence-electron chi connectivity index (χ4n) is 1.43. The molecule has 0 saturated heterocycles. The van der Waals surface area contributed by atoms with Crippen LogP contribution in [-0.4, -0.2) is 16.7 Å². The third-order valence-electron chi connectivity index (χ3n) is 2.23. The van der Waals surface area contributed by atoms with Crippen molar-refractivity contribution in [2.75, 3.05) is 0 Å². The molecule has 0 aliphatic rings. The maximum absolute atomic E-state index is 4.48. The number of hydrogen-bond acceptors (Lipinski definition) is 2. The van der Waals surface area contributed by atoms with Crippen molar-refractivity contribution >= 4 is 17.1 Å². The molecule has 0 aliphatic heterocycles. The lowest BCUT2D eigenvalue weighted by atomic mass is 10.1. The van der Waals surface area contributed by atoms with Crippen LogP contribution >= 0.6 is 0 Å². The summed E-state index contributed by atoms with van der Waals surface area (Å²) in [7, 11) is 0. The molecule has 0 atom stereocenters. The summed E-state index contributed by atoms with van der Waals surface area (Å²) in [6.07, 6.45) is 3.72. The highest BCUT2D eigenvalue weighted by Crippen LogP contribution is 2.13. The summed E-state index contributed by atoms with van der Waals surface area (Å²) in [6, 6.07) is 10.2. The predicted molar refractivity (Wildman–Crippen MR) is 69.1 cm³/mol. The first kappa shape index (κ1) is 10.8. The van der Waals surface area contributed by atoms with E-state index in [4.69, 9.17) is 0 Å². The second-order valence-electron chi connectivity index (χ2n) is 4.88. The van der Waals surface area contributed by atoms with Gasteiger partial charge in [0, 0.05) is 17.8 Å². The zero-order valence-corrected chi connectivity index (χ0v) is 9.94. The highest BCUT2D eigenvalue weighted by atomic mass is 14.8. The largest absolute Gasteiger partial charge is 0.287 e. The average Bonchev–Trinajstić information content (AvgIpc) is 2.25. The van der Waals surface area contributed by atoms with Gasteiger partial charge in [-0.2, -0.15) is 0 Å². The fraction of sp³-hybridized carbons (Fsp3) is 0.286. The third kappa shape index (κ3) is 2.66. The molecule has 0 aliphatic carbocycles. The number of hydrogen-bond donors (Lipinski definition) is 0. The Morgan fingerprint density at radius 1 is 1.19 bits per heavy atom. The molecular formula is C14H16N2. The molecule has 0 unspecified atom stereocenters. The minimum atomic E-state index is -0.0287. The van der Waals surface area contributed by atoms with Crippen molar-refractivity contribution in [1.82, 2.24) is 4.98 Å². The number of nitrogens with zero attached hydrogens (tertiary/aromatic N) is 2. The van der Waals surface area contributed by atoms with Gasteiger partial charge < -0.3 is 0 Å². The highest BCUT2D eigenvalue weighted by Gasteiger charge is 2.04. The Kier molecular flexibility index (Phi) is 2.73. The van der Waals surface area contributed by atoms with Crippen LogP contribution in [0.5, 0.6) is 0 Å². The van der Waals surface area contributed by atoms with Crippen molar-refractivity contribution in [2.45, 2.75) is 26.3 Å². The summed E-state index contributed by atoms with van der Waals surface area (Å²) in [5.41, 5.74) is 2.08. The quantitative estimate of drug-likeness (QED) is 0.665. The molecule has 0 amide bonds. The third-order valence-corrected chi connectivity index (χ3v) is 2.23. The second-order valence-corrected chi connectivity index (χ2v) is 4.88. The van der Waals surface area contributed by atoms with Gasteiger partial charge in [-0.1, -0.05) is 18.2 Å². The van der Waals surface area contributed by atoms with Crippen LogP contribution in [0.25, 0.3) is 10.9 Å². The van der Waals surface area contributed by atoms with E-state index in [1.165, 1.54) is 0 Å². The zero-order valence-electron chi connectivity index (χ0n) is 9.94. The Morgan fingerprint density at radius 3 is 2.75 bits per heavy atom. The predicted octanol–water partition coefficient (Wildman–Crippen LogP) is 3.45. The Bertz CT molecular complexity index is 521. The van der Waals surface area contributed by atoms with Gasteiger partial charge in [0.25, 0.3) is 0 Å². The molecule has 2 aromatic rings. The normalized spacial score (nSPS) is 12.4. The molecule has 82 valence electrons. The van der Waals surface area contributed by atoms with Crippen LogP contribution in [-0.2, 0) is 0 Å². The molecule has 1 aromatic heterocycles. The number of pyridine rings is 1. The van der Waals surface area contributed by atoms with E-state index in [-0.39, 0.29) is 5.54 Å². The van der Waals surface area contributed by atoms with Gasteiger partial charge in [-0.05, 0) is 38.5 Å². The maximum atomic E-state index is 4.48. The van der Waals surface area contributed by atoms with E-state index in [9.17, 15) is 0 Å². The smallest absolute Gasteiger partial charge is 0.0708 e. The van der Waals surface area contributed by atoms with Crippen molar-refractivity contribution in [2.24, 2.45) is 4.99 Å². The van der Waals surface area contributed by atoms with Crippen molar-refractivity contribution in [3.05, 3.63) is 42.1 Å².